The van der Waals surface area contributed by atoms with E-state index in [0.29, 0.717) is 12.1 Å². The molecule has 0 spiro atoms. The number of rotatable bonds is 7. The standard InChI is InChI=1S/C21H30N2O2/c1-2-3-4-10-15-22-20(24)19-17-13-8-9-14-18(17)21(25)23(19)16-11-6-5-7-12-16/h8-9,13-14,16,19H,2-7,10-12,15H2,1H3,(H,22,24). The molecule has 0 aromatic heterocycles. The summed E-state index contributed by atoms with van der Waals surface area (Å²) in [6, 6.07) is 7.38. The topological polar surface area (TPSA) is 49.4 Å². The van der Waals surface area contributed by atoms with E-state index in [9.17, 15) is 9.59 Å². The normalized spacial score (nSPS) is 20.6. The van der Waals surface area contributed by atoms with Crippen LogP contribution in [0.1, 0.15) is 86.7 Å². The van der Waals surface area contributed by atoms with E-state index in [1.807, 2.05) is 29.2 Å². The van der Waals surface area contributed by atoms with Gasteiger partial charge in [0.05, 0.1) is 0 Å². The molecule has 1 aromatic rings. The Labute approximate surface area is 151 Å². The number of benzene rings is 1. The van der Waals surface area contributed by atoms with Gasteiger partial charge in [0.1, 0.15) is 6.04 Å². The SMILES string of the molecule is CCCCCCNC(=O)C1c2ccccc2C(=O)N1C1CCCCC1. The summed E-state index contributed by atoms with van der Waals surface area (Å²) in [5.74, 6) is 0.0222. The molecule has 0 radical (unpaired) electrons. The minimum absolute atomic E-state index is 0.0135. The Morgan fingerprint density at radius 1 is 1.12 bits per heavy atom. The van der Waals surface area contributed by atoms with Crippen molar-refractivity contribution in [1.29, 1.82) is 0 Å². The predicted octanol–water partition coefficient (Wildman–Crippen LogP) is 4.21. The zero-order valence-corrected chi connectivity index (χ0v) is 15.3. The fraction of sp³-hybridized carbons (Fsp3) is 0.619. The Kier molecular flexibility index (Phi) is 6.11. The van der Waals surface area contributed by atoms with Crippen LogP contribution in [0.3, 0.4) is 0 Å². The van der Waals surface area contributed by atoms with Gasteiger partial charge < -0.3 is 10.2 Å². The van der Waals surface area contributed by atoms with Crippen molar-refractivity contribution in [2.24, 2.45) is 0 Å². The summed E-state index contributed by atoms with van der Waals surface area (Å²) in [6.45, 7) is 2.88. The third-order valence-corrected chi connectivity index (χ3v) is 5.54. The van der Waals surface area contributed by atoms with Gasteiger partial charge in [-0.1, -0.05) is 63.6 Å². The van der Waals surface area contributed by atoms with Crippen LogP contribution in [0.2, 0.25) is 0 Å². The monoisotopic (exact) mass is 342 g/mol. The van der Waals surface area contributed by atoms with Crippen LogP contribution in [0.4, 0.5) is 0 Å². The van der Waals surface area contributed by atoms with Gasteiger partial charge in [-0.3, -0.25) is 9.59 Å². The van der Waals surface area contributed by atoms with Crippen LogP contribution < -0.4 is 5.32 Å². The maximum absolute atomic E-state index is 13.0. The molecule has 1 aliphatic carbocycles. The van der Waals surface area contributed by atoms with E-state index >= 15 is 0 Å². The fourth-order valence-corrected chi connectivity index (χ4v) is 4.20. The second-order valence-corrected chi connectivity index (χ2v) is 7.35. The predicted molar refractivity (Wildman–Crippen MR) is 99.4 cm³/mol. The Hall–Kier alpha value is -1.84. The van der Waals surface area contributed by atoms with Crippen molar-refractivity contribution in [3.8, 4) is 0 Å². The van der Waals surface area contributed by atoms with Crippen LogP contribution in [0.5, 0.6) is 0 Å². The lowest BCUT2D eigenvalue weighted by Crippen LogP contribution is -2.45. The summed E-state index contributed by atoms with van der Waals surface area (Å²) in [5, 5.41) is 3.08. The first-order valence-electron chi connectivity index (χ1n) is 9.93. The van der Waals surface area contributed by atoms with E-state index in [1.165, 1.54) is 19.3 Å². The van der Waals surface area contributed by atoms with E-state index in [-0.39, 0.29) is 17.9 Å². The zero-order chi connectivity index (χ0) is 17.6. The van der Waals surface area contributed by atoms with E-state index in [0.717, 1.165) is 44.1 Å². The Morgan fingerprint density at radius 3 is 2.64 bits per heavy atom. The molecule has 136 valence electrons. The number of unbranched alkanes of at least 4 members (excludes halogenated alkanes) is 3. The fourth-order valence-electron chi connectivity index (χ4n) is 4.20. The molecule has 1 heterocycles. The lowest BCUT2D eigenvalue weighted by molar-refractivity contribution is -0.126. The minimum Gasteiger partial charge on any atom is -0.354 e. The van der Waals surface area contributed by atoms with Crippen LogP contribution in [0.25, 0.3) is 0 Å². The Bertz CT molecular complexity index is 608. The molecule has 4 heteroatoms. The molecule has 2 amide bonds. The molecule has 1 aliphatic heterocycles. The largest absolute Gasteiger partial charge is 0.354 e. The van der Waals surface area contributed by atoms with Gasteiger partial charge >= 0.3 is 0 Å². The number of nitrogens with one attached hydrogen (secondary N) is 1. The quantitative estimate of drug-likeness (QED) is 0.755. The molecular weight excluding hydrogens is 312 g/mol. The lowest BCUT2D eigenvalue weighted by Gasteiger charge is -2.35. The van der Waals surface area contributed by atoms with E-state index in [2.05, 4.69) is 12.2 Å². The molecule has 1 saturated carbocycles. The number of hydrogen-bond acceptors (Lipinski definition) is 2. The van der Waals surface area contributed by atoms with Crippen molar-refractivity contribution in [1.82, 2.24) is 10.2 Å². The van der Waals surface area contributed by atoms with Gasteiger partial charge in [-0.05, 0) is 30.9 Å². The molecule has 1 N–H and O–H groups in total. The molecule has 3 rings (SSSR count). The van der Waals surface area contributed by atoms with Crippen LogP contribution >= 0.6 is 0 Å². The number of nitrogens with zero attached hydrogens (tertiary/aromatic N) is 1. The van der Waals surface area contributed by atoms with Crippen molar-refractivity contribution in [2.45, 2.75) is 76.8 Å². The Morgan fingerprint density at radius 2 is 1.88 bits per heavy atom. The van der Waals surface area contributed by atoms with Crippen LogP contribution in [0.15, 0.2) is 24.3 Å². The number of carbonyl (C=O) groups is 2. The van der Waals surface area contributed by atoms with Gasteiger partial charge in [-0.15, -0.1) is 0 Å². The summed E-state index contributed by atoms with van der Waals surface area (Å²) >= 11 is 0. The van der Waals surface area contributed by atoms with E-state index in [1.54, 1.807) is 0 Å². The lowest BCUT2D eigenvalue weighted by atomic mass is 9.93. The number of carbonyl (C=O) groups excluding carboxylic acids is 2. The first kappa shape index (κ1) is 18.0. The molecule has 0 saturated heterocycles. The first-order valence-corrected chi connectivity index (χ1v) is 9.93. The summed E-state index contributed by atoms with van der Waals surface area (Å²) in [5.41, 5.74) is 1.59. The van der Waals surface area contributed by atoms with Gasteiger partial charge in [0.15, 0.2) is 0 Å². The van der Waals surface area contributed by atoms with Crippen LogP contribution in [-0.2, 0) is 4.79 Å². The second-order valence-electron chi connectivity index (χ2n) is 7.35. The van der Waals surface area contributed by atoms with Gasteiger partial charge in [0.2, 0.25) is 5.91 Å². The molecule has 1 unspecified atom stereocenters. The molecule has 0 bridgehead atoms. The third kappa shape index (κ3) is 3.88. The van der Waals surface area contributed by atoms with Crippen molar-refractivity contribution in [3.63, 3.8) is 0 Å². The highest BCUT2D eigenvalue weighted by molar-refractivity contribution is 6.04. The summed E-state index contributed by atoms with van der Waals surface area (Å²) in [4.78, 5) is 27.8. The molecule has 2 aliphatic rings. The second kappa shape index (κ2) is 8.50. The van der Waals surface area contributed by atoms with Crippen molar-refractivity contribution in [3.05, 3.63) is 35.4 Å². The number of hydrogen-bond donors (Lipinski definition) is 1. The van der Waals surface area contributed by atoms with Crippen molar-refractivity contribution >= 4 is 11.8 Å². The van der Waals surface area contributed by atoms with Gasteiger partial charge in [0, 0.05) is 18.2 Å². The Balaban J connectivity index is 1.74. The van der Waals surface area contributed by atoms with Crippen molar-refractivity contribution < 1.29 is 9.59 Å². The minimum atomic E-state index is -0.446. The highest BCUT2D eigenvalue weighted by atomic mass is 16.2. The van der Waals surface area contributed by atoms with Crippen LogP contribution in [-0.4, -0.2) is 29.3 Å². The molecule has 1 aromatic carbocycles. The first-order chi connectivity index (χ1) is 12.2. The molecule has 1 fully saturated rings. The van der Waals surface area contributed by atoms with E-state index < -0.39 is 6.04 Å². The molecule has 1 atom stereocenters. The summed E-state index contributed by atoms with van der Waals surface area (Å²) < 4.78 is 0. The van der Waals surface area contributed by atoms with Gasteiger partial charge in [-0.25, -0.2) is 0 Å². The maximum Gasteiger partial charge on any atom is 0.255 e. The zero-order valence-electron chi connectivity index (χ0n) is 15.3. The van der Waals surface area contributed by atoms with E-state index in [4.69, 9.17) is 0 Å². The number of fused-ring (bicyclic) bond motifs is 1. The highest BCUT2D eigenvalue weighted by Crippen LogP contribution is 2.38. The van der Waals surface area contributed by atoms with Gasteiger partial charge in [-0.2, -0.15) is 0 Å². The highest BCUT2D eigenvalue weighted by Gasteiger charge is 2.44. The molecular formula is C21H30N2O2. The van der Waals surface area contributed by atoms with Crippen molar-refractivity contribution in [2.75, 3.05) is 6.54 Å². The maximum atomic E-state index is 13.0. The summed E-state index contributed by atoms with van der Waals surface area (Å²) in [7, 11) is 0. The third-order valence-electron chi connectivity index (χ3n) is 5.54. The number of amides is 2. The summed E-state index contributed by atoms with van der Waals surface area (Å²) in [6.07, 6.45) is 10.1. The molecule has 25 heavy (non-hydrogen) atoms. The smallest absolute Gasteiger partial charge is 0.255 e. The average Bonchev–Trinajstić information content (AvgIpc) is 2.95. The molecule has 4 nitrogen and oxygen atoms in total. The average molecular weight is 342 g/mol. The van der Waals surface area contributed by atoms with Crippen LogP contribution in [0, 0.1) is 0 Å². The van der Waals surface area contributed by atoms with Gasteiger partial charge in [0.25, 0.3) is 5.91 Å².